The van der Waals surface area contributed by atoms with Gasteiger partial charge in [0, 0.05) is 19.3 Å². The van der Waals surface area contributed by atoms with Crippen LogP contribution in [0.4, 0.5) is 10.5 Å². The second-order valence-electron chi connectivity index (χ2n) is 5.03. The van der Waals surface area contributed by atoms with Gasteiger partial charge in [0.15, 0.2) is 0 Å². The van der Waals surface area contributed by atoms with E-state index in [9.17, 15) is 4.79 Å². The standard InChI is InChI=1S/C14H22N4O/c1-2-7-18-8-5-12(11-18)9-16-14(19)17-13-4-3-6-15-10-13/h3-4,6,10,12H,2,5,7-9,11H2,1H3,(H2,16,17,19). The van der Waals surface area contributed by atoms with Crippen molar-refractivity contribution in [2.75, 3.05) is 31.5 Å². The number of urea groups is 1. The van der Waals surface area contributed by atoms with Gasteiger partial charge in [0.05, 0.1) is 11.9 Å². The molecule has 2 rings (SSSR count). The van der Waals surface area contributed by atoms with Crippen molar-refractivity contribution in [3.8, 4) is 0 Å². The highest BCUT2D eigenvalue weighted by Crippen LogP contribution is 2.15. The predicted octanol–water partition coefficient (Wildman–Crippen LogP) is 1.94. The fourth-order valence-electron chi connectivity index (χ4n) is 2.45. The summed E-state index contributed by atoms with van der Waals surface area (Å²) in [4.78, 5) is 18.1. The molecular formula is C14H22N4O. The summed E-state index contributed by atoms with van der Waals surface area (Å²) in [6.45, 7) is 6.36. The first kappa shape index (κ1) is 13.8. The number of nitrogens with zero attached hydrogens (tertiary/aromatic N) is 2. The average Bonchev–Trinajstić information content (AvgIpc) is 2.86. The molecule has 0 radical (unpaired) electrons. The Labute approximate surface area is 114 Å². The Morgan fingerprint density at radius 3 is 3.21 bits per heavy atom. The number of hydrogen-bond acceptors (Lipinski definition) is 3. The van der Waals surface area contributed by atoms with Crippen LogP contribution in [0.25, 0.3) is 0 Å². The van der Waals surface area contributed by atoms with Crippen LogP contribution in [-0.2, 0) is 0 Å². The van der Waals surface area contributed by atoms with E-state index in [1.165, 1.54) is 19.4 Å². The molecular weight excluding hydrogens is 240 g/mol. The normalized spacial score (nSPS) is 19.3. The lowest BCUT2D eigenvalue weighted by molar-refractivity contribution is 0.249. The van der Waals surface area contributed by atoms with Crippen molar-refractivity contribution in [3.05, 3.63) is 24.5 Å². The summed E-state index contributed by atoms with van der Waals surface area (Å²) in [6, 6.07) is 3.47. The number of aromatic nitrogens is 1. The van der Waals surface area contributed by atoms with Gasteiger partial charge in [-0.05, 0) is 44.0 Å². The molecule has 1 aromatic heterocycles. The van der Waals surface area contributed by atoms with Crippen molar-refractivity contribution >= 4 is 11.7 Å². The van der Waals surface area contributed by atoms with Crippen LogP contribution in [0.15, 0.2) is 24.5 Å². The number of hydrogen-bond donors (Lipinski definition) is 2. The van der Waals surface area contributed by atoms with E-state index in [1.54, 1.807) is 18.5 Å². The average molecular weight is 262 g/mol. The molecule has 2 amide bonds. The van der Waals surface area contributed by atoms with Crippen molar-refractivity contribution < 1.29 is 4.79 Å². The first-order chi connectivity index (χ1) is 9.28. The van der Waals surface area contributed by atoms with E-state index in [0.717, 1.165) is 25.3 Å². The number of amides is 2. The molecule has 1 fully saturated rings. The van der Waals surface area contributed by atoms with Gasteiger partial charge in [0.25, 0.3) is 0 Å². The SMILES string of the molecule is CCCN1CCC(CNC(=O)Nc2cccnc2)C1. The molecule has 5 nitrogen and oxygen atoms in total. The van der Waals surface area contributed by atoms with E-state index in [0.29, 0.717) is 5.92 Å². The van der Waals surface area contributed by atoms with E-state index in [2.05, 4.69) is 27.4 Å². The summed E-state index contributed by atoms with van der Waals surface area (Å²) in [5.74, 6) is 0.575. The van der Waals surface area contributed by atoms with Crippen molar-refractivity contribution in [1.82, 2.24) is 15.2 Å². The molecule has 104 valence electrons. The molecule has 1 unspecified atom stereocenters. The van der Waals surface area contributed by atoms with E-state index in [-0.39, 0.29) is 6.03 Å². The van der Waals surface area contributed by atoms with Crippen LogP contribution in [0.1, 0.15) is 19.8 Å². The summed E-state index contributed by atoms with van der Waals surface area (Å²) >= 11 is 0. The molecule has 1 aliphatic rings. The minimum atomic E-state index is -0.151. The molecule has 2 heterocycles. The highest BCUT2D eigenvalue weighted by Gasteiger charge is 2.21. The van der Waals surface area contributed by atoms with Crippen LogP contribution in [0.3, 0.4) is 0 Å². The Bertz CT molecular complexity index is 396. The van der Waals surface area contributed by atoms with Crippen molar-refractivity contribution in [3.63, 3.8) is 0 Å². The summed E-state index contributed by atoms with van der Waals surface area (Å²) < 4.78 is 0. The number of carbonyl (C=O) groups is 1. The lowest BCUT2D eigenvalue weighted by Crippen LogP contribution is -2.34. The van der Waals surface area contributed by atoms with Crippen LogP contribution >= 0.6 is 0 Å². The Balaban J connectivity index is 1.67. The monoisotopic (exact) mass is 262 g/mol. The topological polar surface area (TPSA) is 57.3 Å². The molecule has 0 aromatic carbocycles. The molecule has 1 aromatic rings. The maximum absolute atomic E-state index is 11.7. The van der Waals surface area contributed by atoms with Crippen molar-refractivity contribution in [2.24, 2.45) is 5.92 Å². The van der Waals surface area contributed by atoms with Gasteiger partial charge >= 0.3 is 6.03 Å². The zero-order chi connectivity index (χ0) is 13.5. The Hall–Kier alpha value is -1.62. The van der Waals surface area contributed by atoms with Gasteiger partial charge in [0.2, 0.25) is 0 Å². The van der Waals surface area contributed by atoms with Crippen LogP contribution in [0.2, 0.25) is 0 Å². The van der Waals surface area contributed by atoms with Crippen LogP contribution in [-0.4, -0.2) is 42.1 Å². The Kier molecular flexibility index (Phi) is 5.15. The number of anilines is 1. The van der Waals surface area contributed by atoms with E-state index in [4.69, 9.17) is 0 Å². The maximum atomic E-state index is 11.7. The third-order valence-corrected chi connectivity index (χ3v) is 3.38. The summed E-state index contributed by atoms with van der Waals surface area (Å²) in [6.07, 6.45) is 5.69. The van der Waals surface area contributed by atoms with E-state index >= 15 is 0 Å². The van der Waals surface area contributed by atoms with Crippen molar-refractivity contribution in [1.29, 1.82) is 0 Å². The summed E-state index contributed by atoms with van der Waals surface area (Å²) in [7, 11) is 0. The lowest BCUT2D eigenvalue weighted by Gasteiger charge is -2.15. The predicted molar refractivity (Wildman–Crippen MR) is 76.1 cm³/mol. The molecule has 0 saturated carbocycles. The smallest absolute Gasteiger partial charge is 0.319 e. The molecule has 5 heteroatoms. The maximum Gasteiger partial charge on any atom is 0.319 e. The van der Waals surface area contributed by atoms with Gasteiger partial charge in [-0.2, -0.15) is 0 Å². The highest BCUT2D eigenvalue weighted by atomic mass is 16.2. The number of likely N-dealkylation sites (tertiary alicyclic amines) is 1. The van der Waals surface area contributed by atoms with Gasteiger partial charge < -0.3 is 15.5 Å². The highest BCUT2D eigenvalue weighted by molar-refractivity contribution is 5.88. The second-order valence-corrected chi connectivity index (χ2v) is 5.03. The Morgan fingerprint density at radius 1 is 1.58 bits per heavy atom. The molecule has 1 aliphatic heterocycles. The van der Waals surface area contributed by atoms with Gasteiger partial charge in [0.1, 0.15) is 0 Å². The lowest BCUT2D eigenvalue weighted by atomic mass is 10.1. The van der Waals surface area contributed by atoms with Gasteiger partial charge in [-0.15, -0.1) is 0 Å². The van der Waals surface area contributed by atoms with Gasteiger partial charge in [-0.25, -0.2) is 4.79 Å². The number of carbonyl (C=O) groups excluding carboxylic acids is 1. The molecule has 0 spiro atoms. The zero-order valence-corrected chi connectivity index (χ0v) is 11.4. The van der Waals surface area contributed by atoms with Crippen LogP contribution in [0.5, 0.6) is 0 Å². The minimum absolute atomic E-state index is 0.151. The largest absolute Gasteiger partial charge is 0.338 e. The summed E-state index contributed by atoms with van der Waals surface area (Å²) in [5, 5.41) is 5.71. The third-order valence-electron chi connectivity index (χ3n) is 3.38. The molecule has 1 atom stereocenters. The fourth-order valence-corrected chi connectivity index (χ4v) is 2.45. The second kappa shape index (κ2) is 7.09. The Morgan fingerprint density at radius 2 is 2.47 bits per heavy atom. The van der Waals surface area contributed by atoms with Gasteiger partial charge in [-0.3, -0.25) is 4.98 Å². The molecule has 19 heavy (non-hydrogen) atoms. The first-order valence-corrected chi connectivity index (χ1v) is 6.95. The zero-order valence-electron chi connectivity index (χ0n) is 11.4. The summed E-state index contributed by atoms with van der Waals surface area (Å²) in [5.41, 5.74) is 0.721. The van der Waals surface area contributed by atoms with Crippen LogP contribution in [0, 0.1) is 5.92 Å². The molecule has 0 aliphatic carbocycles. The van der Waals surface area contributed by atoms with E-state index in [1.807, 2.05) is 6.07 Å². The fraction of sp³-hybridized carbons (Fsp3) is 0.571. The minimum Gasteiger partial charge on any atom is -0.338 e. The first-order valence-electron chi connectivity index (χ1n) is 6.95. The molecule has 0 bridgehead atoms. The molecule has 2 N–H and O–H groups in total. The number of rotatable bonds is 5. The van der Waals surface area contributed by atoms with Crippen LogP contribution < -0.4 is 10.6 Å². The van der Waals surface area contributed by atoms with Crippen molar-refractivity contribution in [2.45, 2.75) is 19.8 Å². The number of nitrogens with one attached hydrogen (secondary N) is 2. The quantitative estimate of drug-likeness (QED) is 0.852. The van der Waals surface area contributed by atoms with Gasteiger partial charge in [-0.1, -0.05) is 6.92 Å². The number of pyridine rings is 1. The molecule has 1 saturated heterocycles. The third kappa shape index (κ3) is 4.52. The van der Waals surface area contributed by atoms with E-state index < -0.39 is 0 Å².